The molecular weight excluding hydrogens is 328 g/mol. The van der Waals surface area contributed by atoms with E-state index in [0.29, 0.717) is 13.1 Å². The maximum Gasteiger partial charge on any atom is 0.279 e. The van der Waals surface area contributed by atoms with Crippen LogP contribution in [0.3, 0.4) is 0 Å². The molecule has 8 heteroatoms. The van der Waals surface area contributed by atoms with Crippen molar-refractivity contribution >= 4 is 10.2 Å². The van der Waals surface area contributed by atoms with E-state index < -0.39 is 10.2 Å². The molecule has 1 saturated heterocycles. The Morgan fingerprint density at radius 3 is 2.50 bits per heavy atom. The first-order valence-corrected chi connectivity index (χ1v) is 10.3. The smallest absolute Gasteiger partial charge is 0.268 e. The van der Waals surface area contributed by atoms with Crippen LogP contribution >= 0.6 is 0 Å². The Labute approximate surface area is 143 Å². The molecule has 1 aliphatic carbocycles. The van der Waals surface area contributed by atoms with Crippen LogP contribution in [0.4, 0.5) is 0 Å². The number of rotatable bonds is 5. The number of nitrogens with zero attached hydrogens (tertiary/aromatic N) is 3. The molecule has 0 aromatic carbocycles. The zero-order chi connectivity index (χ0) is 17.0. The predicted octanol–water partition coefficient (Wildman–Crippen LogP) is 0.833. The van der Waals surface area contributed by atoms with Gasteiger partial charge in [-0.25, -0.2) is 9.40 Å². The van der Waals surface area contributed by atoms with E-state index in [0.717, 1.165) is 62.6 Å². The molecule has 3 rings (SSSR count). The summed E-state index contributed by atoms with van der Waals surface area (Å²) in [7, 11) is -3.47. The average molecular weight is 354 g/mol. The summed E-state index contributed by atoms with van der Waals surface area (Å²) in [5.74, 6) is 0. The number of aryl methyl sites for hydroxylation is 2. The van der Waals surface area contributed by atoms with Gasteiger partial charge >= 0.3 is 0 Å². The molecule has 0 spiro atoms. The molecule has 1 aliphatic heterocycles. The van der Waals surface area contributed by atoms with Crippen LogP contribution in [0.15, 0.2) is 10.9 Å². The maximum absolute atomic E-state index is 12.4. The Bertz CT molecular complexity index is 721. The largest absolute Gasteiger partial charge is 0.279 e. The molecule has 1 aromatic heterocycles. The summed E-state index contributed by atoms with van der Waals surface area (Å²) in [6, 6.07) is 1.66. The molecule has 2 aliphatic rings. The minimum Gasteiger partial charge on any atom is -0.268 e. The first-order chi connectivity index (χ1) is 11.6. The number of hydrogen-bond acceptors (Lipinski definition) is 4. The van der Waals surface area contributed by atoms with Gasteiger partial charge in [0.25, 0.3) is 15.8 Å². The highest BCUT2D eigenvalue weighted by Crippen LogP contribution is 2.16. The summed E-state index contributed by atoms with van der Waals surface area (Å²) in [5.41, 5.74) is 1.88. The second-order valence-corrected chi connectivity index (χ2v) is 8.35. The Kier molecular flexibility index (Phi) is 5.68. The average Bonchev–Trinajstić information content (AvgIpc) is 2.85. The minimum absolute atomic E-state index is 0.148. The molecule has 134 valence electrons. The standard InChI is InChI=1S/C16H26N4O3S/c21-16-13-14-7-3-4-8-15(14)18-20(16)12-9-17-24(22,23)19-10-5-1-2-6-11-19/h13,17H,1-12H2. The van der Waals surface area contributed by atoms with E-state index in [1.807, 2.05) is 0 Å². The van der Waals surface area contributed by atoms with Crippen LogP contribution in [-0.4, -0.2) is 42.1 Å². The zero-order valence-corrected chi connectivity index (χ0v) is 14.9. The SMILES string of the molecule is O=c1cc2c(nn1CCNS(=O)(=O)N1CCCCCC1)CCCC2. The molecule has 0 radical (unpaired) electrons. The quantitative estimate of drug-likeness (QED) is 0.849. The topological polar surface area (TPSA) is 84.3 Å². The van der Waals surface area contributed by atoms with E-state index in [9.17, 15) is 13.2 Å². The van der Waals surface area contributed by atoms with Crippen LogP contribution in [-0.2, 0) is 29.6 Å². The fourth-order valence-corrected chi connectivity index (χ4v) is 4.69. The van der Waals surface area contributed by atoms with Crippen molar-refractivity contribution in [2.45, 2.75) is 57.9 Å². The minimum atomic E-state index is -3.47. The lowest BCUT2D eigenvalue weighted by atomic mass is 9.97. The first kappa shape index (κ1) is 17.6. The van der Waals surface area contributed by atoms with Gasteiger partial charge in [0.1, 0.15) is 0 Å². The number of fused-ring (bicyclic) bond motifs is 1. The molecule has 1 fully saturated rings. The van der Waals surface area contributed by atoms with Crippen LogP contribution in [0, 0.1) is 0 Å². The van der Waals surface area contributed by atoms with Crippen molar-refractivity contribution in [3.05, 3.63) is 27.7 Å². The lowest BCUT2D eigenvalue weighted by Gasteiger charge is -2.20. The van der Waals surface area contributed by atoms with E-state index >= 15 is 0 Å². The highest BCUT2D eigenvalue weighted by molar-refractivity contribution is 7.87. The Balaban J connectivity index is 1.60. The Morgan fingerprint density at radius 2 is 1.75 bits per heavy atom. The van der Waals surface area contributed by atoms with Gasteiger partial charge in [-0.2, -0.15) is 17.8 Å². The molecule has 0 amide bonds. The fraction of sp³-hybridized carbons (Fsp3) is 0.750. The number of nitrogens with one attached hydrogen (secondary N) is 1. The van der Waals surface area contributed by atoms with E-state index in [-0.39, 0.29) is 18.6 Å². The van der Waals surface area contributed by atoms with E-state index in [1.54, 1.807) is 6.07 Å². The molecule has 1 aromatic rings. The number of hydrogen-bond donors (Lipinski definition) is 1. The Morgan fingerprint density at radius 1 is 1.04 bits per heavy atom. The summed E-state index contributed by atoms with van der Waals surface area (Å²) in [5, 5.41) is 4.42. The van der Waals surface area contributed by atoms with Crippen molar-refractivity contribution in [2.75, 3.05) is 19.6 Å². The highest BCUT2D eigenvalue weighted by Gasteiger charge is 2.22. The van der Waals surface area contributed by atoms with Crippen molar-refractivity contribution < 1.29 is 8.42 Å². The van der Waals surface area contributed by atoms with Crippen molar-refractivity contribution in [3.63, 3.8) is 0 Å². The predicted molar refractivity (Wildman–Crippen MR) is 92.1 cm³/mol. The van der Waals surface area contributed by atoms with Crippen LogP contribution in [0.1, 0.15) is 49.8 Å². The van der Waals surface area contributed by atoms with E-state index in [4.69, 9.17) is 0 Å². The summed E-state index contributed by atoms with van der Waals surface area (Å²) < 4.78 is 30.2. The van der Waals surface area contributed by atoms with E-state index in [1.165, 1.54) is 8.99 Å². The second-order valence-electron chi connectivity index (χ2n) is 6.60. The molecule has 0 bridgehead atoms. The van der Waals surface area contributed by atoms with Crippen molar-refractivity contribution in [2.24, 2.45) is 0 Å². The van der Waals surface area contributed by atoms with Gasteiger partial charge in [-0.05, 0) is 44.1 Å². The van der Waals surface area contributed by atoms with Gasteiger partial charge in [-0.1, -0.05) is 12.8 Å². The third-order valence-corrected chi connectivity index (χ3v) is 6.40. The molecule has 0 unspecified atom stereocenters. The summed E-state index contributed by atoms with van der Waals surface area (Å²) in [6.07, 6.45) is 8.00. The summed E-state index contributed by atoms with van der Waals surface area (Å²) in [4.78, 5) is 12.1. The van der Waals surface area contributed by atoms with Crippen molar-refractivity contribution in [1.82, 2.24) is 18.8 Å². The summed E-state index contributed by atoms with van der Waals surface area (Å²) >= 11 is 0. The molecule has 2 heterocycles. The molecule has 7 nitrogen and oxygen atoms in total. The molecule has 24 heavy (non-hydrogen) atoms. The summed E-state index contributed by atoms with van der Waals surface area (Å²) in [6.45, 7) is 1.60. The van der Waals surface area contributed by atoms with Gasteiger partial charge in [0.15, 0.2) is 0 Å². The van der Waals surface area contributed by atoms with Gasteiger partial charge < -0.3 is 0 Å². The normalized spacial score (nSPS) is 19.7. The first-order valence-electron chi connectivity index (χ1n) is 8.91. The number of aromatic nitrogens is 2. The fourth-order valence-electron chi connectivity index (χ4n) is 3.42. The van der Waals surface area contributed by atoms with Gasteiger partial charge in [-0.3, -0.25) is 4.79 Å². The van der Waals surface area contributed by atoms with Crippen LogP contribution in [0.2, 0.25) is 0 Å². The Hall–Kier alpha value is -1.25. The monoisotopic (exact) mass is 354 g/mol. The third-order valence-electron chi connectivity index (χ3n) is 4.79. The van der Waals surface area contributed by atoms with Gasteiger partial charge in [-0.15, -0.1) is 0 Å². The van der Waals surface area contributed by atoms with Gasteiger partial charge in [0, 0.05) is 25.7 Å². The lowest BCUT2D eigenvalue weighted by molar-refractivity contribution is 0.412. The van der Waals surface area contributed by atoms with Crippen LogP contribution in [0.5, 0.6) is 0 Å². The maximum atomic E-state index is 12.4. The van der Waals surface area contributed by atoms with Gasteiger partial charge in [0.05, 0.1) is 12.2 Å². The third kappa shape index (κ3) is 4.23. The van der Waals surface area contributed by atoms with Gasteiger partial charge in [0.2, 0.25) is 0 Å². The zero-order valence-electron chi connectivity index (χ0n) is 14.0. The van der Waals surface area contributed by atoms with Crippen molar-refractivity contribution in [3.8, 4) is 0 Å². The second kappa shape index (κ2) is 7.76. The molecule has 1 N–H and O–H groups in total. The van der Waals surface area contributed by atoms with Crippen LogP contribution < -0.4 is 10.3 Å². The molecule has 0 saturated carbocycles. The van der Waals surface area contributed by atoms with E-state index in [2.05, 4.69) is 9.82 Å². The molecular formula is C16H26N4O3S. The van der Waals surface area contributed by atoms with Crippen LogP contribution in [0.25, 0.3) is 0 Å². The lowest BCUT2D eigenvalue weighted by Crippen LogP contribution is -2.43. The highest BCUT2D eigenvalue weighted by atomic mass is 32.2. The van der Waals surface area contributed by atoms with Crippen molar-refractivity contribution in [1.29, 1.82) is 0 Å². The molecule has 0 atom stereocenters.